The van der Waals surface area contributed by atoms with Crippen LogP contribution < -0.4 is 0 Å². The molecule has 31 heavy (non-hydrogen) atoms. The van der Waals surface area contributed by atoms with E-state index in [2.05, 4.69) is 70.2 Å². The molecule has 0 amide bonds. The van der Waals surface area contributed by atoms with Gasteiger partial charge in [-0.3, -0.25) is 0 Å². The van der Waals surface area contributed by atoms with Gasteiger partial charge in [0.25, 0.3) is 0 Å². The fraction of sp³-hybridized carbons (Fsp3) is 0.929. The largest absolute Gasteiger partial charge is 0.393 e. The maximum absolute atomic E-state index is 10.7. The van der Waals surface area contributed by atoms with Crippen LogP contribution in [0.25, 0.3) is 0 Å². The third-order valence-electron chi connectivity index (χ3n) is 10.8. The van der Waals surface area contributed by atoms with Crippen molar-refractivity contribution in [1.82, 2.24) is 0 Å². The lowest BCUT2D eigenvalue weighted by Crippen LogP contribution is -2.51. The number of rotatable bonds is 4. The number of halogens is 1. The number of aliphatic hydroxyl groups excluding tert-OH is 1. The van der Waals surface area contributed by atoms with E-state index in [4.69, 9.17) is 0 Å². The van der Waals surface area contributed by atoms with Crippen molar-refractivity contribution in [2.45, 2.75) is 115 Å². The van der Waals surface area contributed by atoms with Crippen LogP contribution in [-0.4, -0.2) is 19.9 Å². The lowest BCUT2D eigenvalue weighted by molar-refractivity contribution is -0.0597. The van der Waals surface area contributed by atoms with E-state index in [0.29, 0.717) is 16.7 Å². The molecule has 3 heteroatoms. The first kappa shape index (κ1) is 24.5. The summed E-state index contributed by atoms with van der Waals surface area (Å²) in [5.41, 5.74) is 2.36. The molecule has 0 bridgehead atoms. The van der Waals surface area contributed by atoms with Crippen molar-refractivity contribution >= 4 is 22.6 Å². The van der Waals surface area contributed by atoms with Crippen molar-refractivity contribution in [3.05, 3.63) is 11.6 Å². The van der Waals surface area contributed by atoms with E-state index >= 15 is 0 Å². The van der Waals surface area contributed by atoms with Gasteiger partial charge >= 0.3 is 0 Å². The van der Waals surface area contributed by atoms with E-state index in [1.807, 2.05) is 0 Å². The fourth-order valence-corrected chi connectivity index (χ4v) is 9.32. The first-order valence-electron chi connectivity index (χ1n) is 13.1. The summed E-state index contributed by atoms with van der Waals surface area (Å²) in [7, 11) is 0. The van der Waals surface area contributed by atoms with Gasteiger partial charge in [0.15, 0.2) is 0 Å². The molecule has 9 atom stereocenters. The summed E-state index contributed by atoms with van der Waals surface area (Å²) in [5, 5.41) is 21.3. The molecule has 0 spiro atoms. The van der Waals surface area contributed by atoms with Crippen LogP contribution in [0, 0.1) is 45.8 Å². The maximum atomic E-state index is 10.7. The van der Waals surface area contributed by atoms with Gasteiger partial charge in [-0.05, 0) is 126 Å². The van der Waals surface area contributed by atoms with Crippen molar-refractivity contribution in [3.63, 3.8) is 0 Å². The predicted octanol–water partition coefficient (Wildman–Crippen LogP) is 7.51. The van der Waals surface area contributed by atoms with E-state index in [-0.39, 0.29) is 11.5 Å². The molecule has 178 valence electrons. The van der Waals surface area contributed by atoms with Crippen molar-refractivity contribution in [2.75, 3.05) is 0 Å². The zero-order chi connectivity index (χ0) is 22.8. The van der Waals surface area contributed by atoms with Crippen molar-refractivity contribution < 1.29 is 10.2 Å². The fourth-order valence-electron chi connectivity index (χ4n) is 8.64. The van der Waals surface area contributed by atoms with Crippen LogP contribution in [0.1, 0.15) is 106 Å². The molecule has 4 aliphatic rings. The predicted molar refractivity (Wildman–Crippen MR) is 138 cm³/mol. The zero-order valence-corrected chi connectivity index (χ0v) is 23.0. The second kappa shape index (κ2) is 8.26. The standard InChI is InChI=1S/C28H47IO2/c1-18(7-12-24(30)25(2,3)4)21-10-11-22-20-9-8-19-17-28(29,31)16-15-26(19,5)23(20)13-14-27(21,22)6/h8,18,20-24,30-31H,7,9-17H2,1-6H3/t18-,20+,21-,22+,23+,24?,26+,27-,28+/m1/s1. The Morgan fingerprint density at radius 2 is 1.77 bits per heavy atom. The number of hydrogen-bond acceptors (Lipinski definition) is 2. The Labute approximate surface area is 205 Å². The van der Waals surface area contributed by atoms with Crippen molar-refractivity contribution in [1.29, 1.82) is 0 Å². The van der Waals surface area contributed by atoms with Crippen LogP contribution in [0.5, 0.6) is 0 Å². The Morgan fingerprint density at radius 3 is 2.45 bits per heavy atom. The lowest BCUT2D eigenvalue weighted by Gasteiger charge is -2.59. The van der Waals surface area contributed by atoms with Crippen LogP contribution in [0.15, 0.2) is 11.6 Å². The highest BCUT2D eigenvalue weighted by atomic mass is 127. The Hall–Kier alpha value is 0.390. The summed E-state index contributed by atoms with van der Waals surface area (Å²) in [6.45, 7) is 14.1. The van der Waals surface area contributed by atoms with Crippen LogP contribution in [0.2, 0.25) is 0 Å². The third-order valence-corrected chi connectivity index (χ3v) is 11.7. The maximum Gasteiger partial charge on any atom is 0.119 e. The molecule has 4 rings (SSSR count). The second-order valence-corrected chi connectivity index (χ2v) is 15.5. The molecule has 0 saturated heterocycles. The molecule has 0 radical (unpaired) electrons. The highest BCUT2D eigenvalue weighted by Gasteiger charge is 2.59. The van der Waals surface area contributed by atoms with E-state index in [1.165, 1.54) is 32.1 Å². The summed E-state index contributed by atoms with van der Waals surface area (Å²) < 4.78 is -0.523. The van der Waals surface area contributed by atoms with E-state index in [0.717, 1.165) is 55.8 Å². The molecule has 3 saturated carbocycles. The molecule has 0 heterocycles. The van der Waals surface area contributed by atoms with Gasteiger partial charge in [0.2, 0.25) is 0 Å². The molecular formula is C28H47IO2. The first-order valence-corrected chi connectivity index (χ1v) is 14.1. The van der Waals surface area contributed by atoms with Crippen molar-refractivity contribution in [2.24, 2.45) is 45.8 Å². The van der Waals surface area contributed by atoms with Gasteiger partial charge in [0.05, 0.1) is 6.10 Å². The van der Waals surface area contributed by atoms with Gasteiger partial charge in [-0.15, -0.1) is 0 Å². The van der Waals surface area contributed by atoms with Gasteiger partial charge in [-0.1, -0.05) is 53.2 Å². The van der Waals surface area contributed by atoms with Gasteiger partial charge in [0.1, 0.15) is 3.61 Å². The van der Waals surface area contributed by atoms with Crippen LogP contribution in [0.4, 0.5) is 0 Å². The highest BCUT2D eigenvalue weighted by molar-refractivity contribution is 14.1. The molecular weight excluding hydrogens is 495 g/mol. The molecule has 4 aliphatic carbocycles. The normalized spacial score (nSPS) is 47.1. The SMILES string of the molecule is C[C@H](CCC(O)C(C)(C)C)[C@H]1CC[C@H]2[C@@H]3CC=C4C[C@](O)(I)CC[C@]4(C)[C@H]3CC[C@]12C. The number of allylic oxidation sites excluding steroid dienone is 1. The van der Waals surface area contributed by atoms with Gasteiger partial charge < -0.3 is 10.2 Å². The number of aliphatic hydroxyl groups is 2. The minimum atomic E-state index is -0.523. The van der Waals surface area contributed by atoms with E-state index in [9.17, 15) is 10.2 Å². The number of fused-ring (bicyclic) bond motifs is 5. The van der Waals surface area contributed by atoms with Crippen LogP contribution in [-0.2, 0) is 0 Å². The average molecular weight is 543 g/mol. The molecule has 0 aromatic heterocycles. The summed E-state index contributed by atoms with van der Waals surface area (Å²) in [4.78, 5) is 0. The molecule has 3 fully saturated rings. The second-order valence-electron chi connectivity index (χ2n) is 13.5. The monoisotopic (exact) mass is 542 g/mol. The summed E-state index contributed by atoms with van der Waals surface area (Å²) in [6, 6.07) is 0. The summed E-state index contributed by atoms with van der Waals surface area (Å²) in [6.07, 6.45) is 14.3. The Bertz CT molecular complexity index is 706. The average Bonchev–Trinajstić information content (AvgIpc) is 3.02. The number of hydrogen-bond donors (Lipinski definition) is 2. The summed E-state index contributed by atoms with van der Waals surface area (Å²) >= 11 is 2.28. The zero-order valence-electron chi connectivity index (χ0n) is 20.9. The Balaban J connectivity index is 1.48. The van der Waals surface area contributed by atoms with Gasteiger partial charge in [-0.2, -0.15) is 0 Å². The molecule has 1 unspecified atom stereocenters. The third kappa shape index (κ3) is 4.31. The van der Waals surface area contributed by atoms with Crippen molar-refractivity contribution in [3.8, 4) is 0 Å². The van der Waals surface area contributed by atoms with E-state index < -0.39 is 3.61 Å². The highest BCUT2D eigenvalue weighted by Crippen LogP contribution is 2.68. The first-order chi connectivity index (χ1) is 14.3. The van der Waals surface area contributed by atoms with E-state index in [1.54, 1.807) is 5.57 Å². The molecule has 0 aromatic carbocycles. The lowest BCUT2D eigenvalue weighted by atomic mass is 9.47. The smallest absolute Gasteiger partial charge is 0.119 e. The van der Waals surface area contributed by atoms with Crippen LogP contribution in [0.3, 0.4) is 0 Å². The van der Waals surface area contributed by atoms with Gasteiger partial charge in [0, 0.05) is 6.42 Å². The number of alkyl halides is 1. The molecule has 2 N–H and O–H groups in total. The topological polar surface area (TPSA) is 40.5 Å². The molecule has 2 nitrogen and oxygen atoms in total. The minimum Gasteiger partial charge on any atom is -0.393 e. The van der Waals surface area contributed by atoms with Crippen LogP contribution >= 0.6 is 22.6 Å². The minimum absolute atomic E-state index is 0.00835. The van der Waals surface area contributed by atoms with Gasteiger partial charge in [-0.25, -0.2) is 0 Å². The Kier molecular flexibility index (Phi) is 6.53. The molecule has 0 aliphatic heterocycles. The summed E-state index contributed by atoms with van der Waals surface area (Å²) in [5.74, 6) is 4.04. The molecule has 0 aromatic rings. The Morgan fingerprint density at radius 1 is 1.06 bits per heavy atom. The quantitative estimate of drug-likeness (QED) is 0.219.